The molecule has 5 unspecified atom stereocenters. The normalized spacial score (nSPS) is 48.7. The summed E-state index contributed by atoms with van der Waals surface area (Å²) >= 11 is 0. The maximum atomic E-state index is 11.1. The molecule has 0 radical (unpaired) electrons. The van der Waals surface area contributed by atoms with Crippen molar-refractivity contribution in [1.29, 1.82) is 0 Å². The van der Waals surface area contributed by atoms with Gasteiger partial charge in [0, 0.05) is 6.54 Å². The van der Waals surface area contributed by atoms with Gasteiger partial charge in [0.15, 0.2) is 0 Å². The van der Waals surface area contributed by atoms with E-state index in [1.807, 2.05) is 0 Å². The summed E-state index contributed by atoms with van der Waals surface area (Å²) in [6.45, 7) is 1.62. The molecule has 3 aliphatic rings. The first-order valence-electron chi connectivity index (χ1n) is 6.19. The molecule has 2 N–H and O–H groups in total. The number of fused-ring (bicyclic) bond motifs is 2. The van der Waals surface area contributed by atoms with Crippen LogP contribution in [0.25, 0.3) is 0 Å². The van der Waals surface area contributed by atoms with Gasteiger partial charge in [0.25, 0.3) is 0 Å². The molecule has 0 aromatic rings. The number of hydrogen-bond donors (Lipinski definition) is 2. The van der Waals surface area contributed by atoms with Crippen LogP contribution in [0.2, 0.25) is 0 Å². The molecule has 0 aromatic carbocycles. The monoisotopic (exact) mass is 209 g/mol. The van der Waals surface area contributed by atoms with Crippen LogP contribution < -0.4 is 5.32 Å². The van der Waals surface area contributed by atoms with Gasteiger partial charge in [-0.2, -0.15) is 0 Å². The molecule has 3 fully saturated rings. The molecular formula is C12H19NO2. The number of nitrogens with one attached hydrogen (secondary N) is 1. The third-order valence-corrected chi connectivity index (χ3v) is 4.92. The zero-order valence-corrected chi connectivity index (χ0v) is 8.98. The first-order valence-corrected chi connectivity index (χ1v) is 6.19. The summed E-state index contributed by atoms with van der Waals surface area (Å²) in [7, 11) is 0. The average Bonchev–Trinajstić information content (AvgIpc) is 2.92. The predicted molar refractivity (Wildman–Crippen MR) is 56.4 cm³/mol. The van der Waals surface area contributed by atoms with E-state index in [4.69, 9.17) is 0 Å². The molecule has 3 heteroatoms. The van der Waals surface area contributed by atoms with Crippen molar-refractivity contribution in [2.24, 2.45) is 29.6 Å². The van der Waals surface area contributed by atoms with Crippen LogP contribution in [-0.2, 0) is 4.79 Å². The lowest BCUT2D eigenvalue weighted by atomic mass is 9.75. The molecule has 1 heterocycles. The van der Waals surface area contributed by atoms with Crippen LogP contribution >= 0.6 is 0 Å². The van der Waals surface area contributed by atoms with Crippen molar-refractivity contribution < 1.29 is 9.90 Å². The van der Waals surface area contributed by atoms with Gasteiger partial charge in [-0.3, -0.25) is 4.79 Å². The minimum absolute atomic E-state index is 0.116. The highest BCUT2D eigenvalue weighted by Crippen LogP contribution is 2.52. The summed E-state index contributed by atoms with van der Waals surface area (Å²) in [5.74, 6) is 2.19. The van der Waals surface area contributed by atoms with Crippen LogP contribution in [0.1, 0.15) is 25.7 Å². The molecule has 2 bridgehead atoms. The maximum absolute atomic E-state index is 11.1. The smallest absolute Gasteiger partial charge is 0.308 e. The molecule has 3 rings (SSSR count). The van der Waals surface area contributed by atoms with Gasteiger partial charge in [0.2, 0.25) is 0 Å². The second-order valence-electron chi connectivity index (χ2n) is 5.61. The van der Waals surface area contributed by atoms with Gasteiger partial charge in [-0.25, -0.2) is 0 Å². The number of carboxylic acids is 1. The molecule has 84 valence electrons. The van der Waals surface area contributed by atoms with E-state index in [2.05, 4.69) is 5.32 Å². The van der Waals surface area contributed by atoms with Crippen LogP contribution in [0, 0.1) is 29.6 Å². The molecule has 5 atom stereocenters. The Morgan fingerprint density at radius 2 is 2.00 bits per heavy atom. The summed E-state index contributed by atoms with van der Waals surface area (Å²) in [4.78, 5) is 11.1. The molecule has 15 heavy (non-hydrogen) atoms. The van der Waals surface area contributed by atoms with Gasteiger partial charge in [-0.05, 0) is 49.5 Å². The van der Waals surface area contributed by atoms with Crippen molar-refractivity contribution in [3.8, 4) is 0 Å². The Balaban J connectivity index is 1.74. The van der Waals surface area contributed by atoms with Gasteiger partial charge in [0.1, 0.15) is 0 Å². The van der Waals surface area contributed by atoms with Crippen LogP contribution in [0.15, 0.2) is 0 Å². The van der Waals surface area contributed by atoms with Crippen LogP contribution in [-0.4, -0.2) is 24.2 Å². The van der Waals surface area contributed by atoms with Crippen molar-refractivity contribution in [3.05, 3.63) is 0 Å². The topological polar surface area (TPSA) is 49.3 Å². The summed E-state index contributed by atoms with van der Waals surface area (Å²) in [5.41, 5.74) is 0. The first-order chi connectivity index (χ1) is 7.25. The maximum Gasteiger partial charge on any atom is 0.308 e. The highest BCUT2D eigenvalue weighted by atomic mass is 16.4. The fourth-order valence-electron chi connectivity index (χ4n) is 4.24. The molecule has 2 saturated carbocycles. The third kappa shape index (κ3) is 1.48. The van der Waals surface area contributed by atoms with Crippen LogP contribution in [0.5, 0.6) is 0 Å². The van der Waals surface area contributed by atoms with Crippen molar-refractivity contribution >= 4 is 5.97 Å². The summed E-state index contributed by atoms with van der Waals surface area (Å²) in [6, 6.07) is 0. The van der Waals surface area contributed by atoms with Gasteiger partial charge < -0.3 is 10.4 Å². The van der Waals surface area contributed by atoms with E-state index in [1.54, 1.807) is 0 Å². The Morgan fingerprint density at radius 1 is 1.13 bits per heavy atom. The fourth-order valence-corrected chi connectivity index (χ4v) is 4.24. The first kappa shape index (κ1) is 9.64. The molecule has 1 saturated heterocycles. The molecule has 0 amide bonds. The van der Waals surface area contributed by atoms with E-state index in [0.29, 0.717) is 18.4 Å². The Bertz CT molecular complexity index is 279. The minimum Gasteiger partial charge on any atom is -0.481 e. The van der Waals surface area contributed by atoms with Gasteiger partial charge in [-0.1, -0.05) is 6.42 Å². The van der Waals surface area contributed by atoms with E-state index in [0.717, 1.165) is 18.4 Å². The summed E-state index contributed by atoms with van der Waals surface area (Å²) < 4.78 is 0. The standard InChI is InChI=1S/C12H19NO2/c14-12(15)11-6-13-5-10(11)9-4-7-1-2-8(9)3-7/h7-11,13H,1-6H2,(H,14,15). The molecule has 3 nitrogen and oxygen atoms in total. The highest BCUT2D eigenvalue weighted by molar-refractivity contribution is 5.71. The molecule has 0 aromatic heterocycles. The van der Waals surface area contributed by atoms with Gasteiger partial charge in [-0.15, -0.1) is 0 Å². The number of carbonyl (C=O) groups is 1. The lowest BCUT2D eigenvalue weighted by Gasteiger charge is -2.29. The molecule has 2 aliphatic carbocycles. The van der Waals surface area contributed by atoms with E-state index >= 15 is 0 Å². The minimum atomic E-state index is -0.590. The molecular weight excluding hydrogens is 190 g/mol. The summed E-state index contributed by atoms with van der Waals surface area (Å²) in [6.07, 6.45) is 5.45. The number of carboxylic acid groups (broad SMARTS) is 1. The Labute approximate surface area is 90.2 Å². The van der Waals surface area contributed by atoms with Crippen LogP contribution in [0.4, 0.5) is 0 Å². The average molecular weight is 209 g/mol. The van der Waals surface area contributed by atoms with Crippen molar-refractivity contribution in [2.45, 2.75) is 25.7 Å². The van der Waals surface area contributed by atoms with E-state index in [-0.39, 0.29) is 5.92 Å². The van der Waals surface area contributed by atoms with Gasteiger partial charge >= 0.3 is 5.97 Å². The zero-order valence-electron chi connectivity index (χ0n) is 8.98. The van der Waals surface area contributed by atoms with Crippen molar-refractivity contribution in [3.63, 3.8) is 0 Å². The SMILES string of the molecule is O=C(O)C1CNCC1C1CC2CCC1C2. The molecule has 0 spiro atoms. The predicted octanol–water partition coefficient (Wildman–Crippen LogP) is 1.34. The highest BCUT2D eigenvalue weighted by Gasteiger charge is 2.47. The quantitative estimate of drug-likeness (QED) is 0.721. The van der Waals surface area contributed by atoms with E-state index < -0.39 is 5.97 Å². The Kier molecular flexibility index (Phi) is 2.23. The van der Waals surface area contributed by atoms with E-state index in [9.17, 15) is 9.90 Å². The van der Waals surface area contributed by atoms with Crippen LogP contribution in [0.3, 0.4) is 0 Å². The number of rotatable bonds is 2. The van der Waals surface area contributed by atoms with Crippen molar-refractivity contribution in [2.75, 3.05) is 13.1 Å². The Hall–Kier alpha value is -0.570. The second kappa shape index (κ2) is 3.48. The Morgan fingerprint density at radius 3 is 2.60 bits per heavy atom. The molecule has 1 aliphatic heterocycles. The number of aliphatic carboxylic acids is 1. The second-order valence-corrected chi connectivity index (χ2v) is 5.61. The van der Waals surface area contributed by atoms with Gasteiger partial charge in [0.05, 0.1) is 5.92 Å². The fraction of sp³-hybridized carbons (Fsp3) is 0.917. The lowest BCUT2D eigenvalue weighted by Crippen LogP contribution is -2.31. The largest absolute Gasteiger partial charge is 0.481 e. The van der Waals surface area contributed by atoms with E-state index in [1.165, 1.54) is 25.7 Å². The number of hydrogen-bond acceptors (Lipinski definition) is 2. The zero-order chi connectivity index (χ0) is 10.4. The van der Waals surface area contributed by atoms with Crippen molar-refractivity contribution in [1.82, 2.24) is 5.32 Å². The summed E-state index contributed by atoms with van der Waals surface area (Å²) in [5, 5.41) is 12.4. The third-order valence-electron chi connectivity index (χ3n) is 4.92. The lowest BCUT2D eigenvalue weighted by molar-refractivity contribution is -0.143.